The highest BCUT2D eigenvalue weighted by Crippen LogP contribution is 2.30. The smallest absolute Gasteiger partial charge is 0.258 e. The maximum atomic E-state index is 12.8. The van der Waals surface area contributed by atoms with E-state index in [0.717, 1.165) is 34.5 Å². The number of hydrogen-bond acceptors (Lipinski definition) is 3. The van der Waals surface area contributed by atoms with E-state index in [-0.39, 0.29) is 11.8 Å². The Labute approximate surface area is 176 Å². The molecule has 30 heavy (non-hydrogen) atoms. The normalized spacial score (nSPS) is 12.4. The SMILES string of the molecule is COc1cccc(CC(=O)NCc2ccc3c(c2)CCN3C(=O)c2ccccc2)c1. The minimum atomic E-state index is -0.0374. The van der Waals surface area contributed by atoms with Gasteiger partial charge in [0.15, 0.2) is 0 Å². The van der Waals surface area contributed by atoms with E-state index < -0.39 is 0 Å². The van der Waals surface area contributed by atoms with Crippen molar-refractivity contribution in [2.45, 2.75) is 19.4 Å². The van der Waals surface area contributed by atoms with Crippen LogP contribution in [0.3, 0.4) is 0 Å². The summed E-state index contributed by atoms with van der Waals surface area (Å²) < 4.78 is 5.20. The predicted octanol–water partition coefficient (Wildman–Crippen LogP) is 3.76. The van der Waals surface area contributed by atoms with Crippen LogP contribution in [0.1, 0.15) is 27.0 Å². The molecule has 1 N–H and O–H groups in total. The molecule has 0 radical (unpaired) electrons. The minimum absolute atomic E-state index is 0.0219. The van der Waals surface area contributed by atoms with Crippen molar-refractivity contribution in [3.05, 3.63) is 95.1 Å². The second-order valence-electron chi connectivity index (χ2n) is 7.34. The van der Waals surface area contributed by atoms with E-state index in [0.29, 0.717) is 25.1 Å². The summed E-state index contributed by atoms with van der Waals surface area (Å²) in [5.74, 6) is 0.729. The van der Waals surface area contributed by atoms with Gasteiger partial charge < -0.3 is 15.0 Å². The van der Waals surface area contributed by atoms with E-state index in [1.54, 1.807) is 7.11 Å². The molecule has 0 aromatic heterocycles. The van der Waals surface area contributed by atoms with Crippen molar-refractivity contribution in [3.8, 4) is 5.75 Å². The van der Waals surface area contributed by atoms with Gasteiger partial charge in [0.05, 0.1) is 13.5 Å². The molecule has 1 heterocycles. The summed E-state index contributed by atoms with van der Waals surface area (Å²) in [5.41, 5.74) is 4.73. The number of fused-ring (bicyclic) bond motifs is 1. The van der Waals surface area contributed by atoms with Gasteiger partial charge in [0.2, 0.25) is 5.91 Å². The second-order valence-corrected chi connectivity index (χ2v) is 7.34. The lowest BCUT2D eigenvalue weighted by Gasteiger charge is -2.17. The quantitative estimate of drug-likeness (QED) is 0.686. The monoisotopic (exact) mass is 400 g/mol. The first kappa shape index (κ1) is 19.7. The van der Waals surface area contributed by atoms with Crippen LogP contribution in [0.5, 0.6) is 5.75 Å². The van der Waals surface area contributed by atoms with Gasteiger partial charge >= 0.3 is 0 Å². The first-order valence-electron chi connectivity index (χ1n) is 10.0. The highest BCUT2D eigenvalue weighted by molar-refractivity contribution is 6.07. The molecule has 152 valence electrons. The first-order chi connectivity index (χ1) is 14.6. The molecule has 3 aromatic rings. The van der Waals surface area contributed by atoms with Crippen molar-refractivity contribution in [1.82, 2.24) is 5.32 Å². The van der Waals surface area contributed by atoms with E-state index in [4.69, 9.17) is 4.74 Å². The summed E-state index contributed by atoms with van der Waals surface area (Å²) >= 11 is 0. The number of rotatable bonds is 6. The van der Waals surface area contributed by atoms with Crippen LogP contribution in [0.2, 0.25) is 0 Å². The first-order valence-corrected chi connectivity index (χ1v) is 10.0. The zero-order valence-corrected chi connectivity index (χ0v) is 16.9. The third-order valence-electron chi connectivity index (χ3n) is 5.29. The van der Waals surface area contributed by atoms with Crippen LogP contribution >= 0.6 is 0 Å². The Bertz CT molecular complexity index is 1060. The summed E-state index contributed by atoms with van der Waals surface area (Å²) in [4.78, 5) is 26.9. The van der Waals surface area contributed by atoms with Crippen molar-refractivity contribution in [2.24, 2.45) is 0 Å². The largest absolute Gasteiger partial charge is 0.497 e. The van der Waals surface area contributed by atoms with Crippen molar-refractivity contribution >= 4 is 17.5 Å². The Morgan fingerprint density at radius 1 is 0.967 bits per heavy atom. The molecule has 0 atom stereocenters. The summed E-state index contributed by atoms with van der Waals surface area (Å²) in [7, 11) is 1.61. The number of ether oxygens (including phenoxy) is 1. The molecule has 3 aromatic carbocycles. The lowest BCUT2D eigenvalue weighted by molar-refractivity contribution is -0.120. The number of nitrogens with one attached hydrogen (secondary N) is 1. The Morgan fingerprint density at radius 2 is 1.80 bits per heavy atom. The molecular formula is C25H24N2O3. The van der Waals surface area contributed by atoms with Crippen molar-refractivity contribution in [1.29, 1.82) is 0 Å². The van der Waals surface area contributed by atoms with Gasteiger partial charge in [0, 0.05) is 24.3 Å². The number of hydrogen-bond donors (Lipinski definition) is 1. The number of carbonyl (C=O) groups is 2. The zero-order chi connectivity index (χ0) is 20.9. The van der Waals surface area contributed by atoms with E-state index in [2.05, 4.69) is 11.4 Å². The number of methoxy groups -OCH3 is 1. The van der Waals surface area contributed by atoms with Crippen molar-refractivity contribution in [2.75, 3.05) is 18.6 Å². The topological polar surface area (TPSA) is 58.6 Å². The van der Waals surface area contributed by atoms with Gasteiger partial charge in [-0.1, -0.05) is 42.5 Å². The third-order valence-corrected chi connectivity index (χ3v) is 5.29. The lowest BCUT2D eigenvalue weighted by Crippen LogP contribution is -2.28. The van der Waals surface area contributed by atoms with Gasteiger partial charge in [-0.25, -0.2) is 0 Å². The van der Waals surface area contributed by atoms with Gasteiger partial charge in [-0.3, -0.25) is 9.59 Å². The standard InChI is InChI=1S/C25H24N2O3/c1-30-22-9-5-6-18(15-22)16-24(28)26-17-19-10-11-23-21(14-19)12-13-27(23)25(29)20-7-3-2-4-8-20/h2-11,14-15H,12-13,16-17H2,1H3,(H,26,28). The molecule has 0 saturated heterocycles. The Balaban J connectivity index is 1.38. The van der Waals surface area contributed by atoms with E-state index in [9.17, 15) is 9.59 Å². The van der Waals surface area contributed by atoms with Gasteiger partial charge in [-0.2, -0.15) is 0 Å². The van der Waals surface area contributed by atoms with Crippen LogP contribution in [0.15, 0.2) is 72.8 Å². The molecule has 2 amide bonds. The summed E-state index contributed by atoms with van der Waals surface area (Å²) in [6.45, 7) is 1.14. The number of carbonyl (C=O) groups excluding carboxylic acids is 2. The molecule has 4 rings (SSSR count). The van der Waals surface area contributed by atoms with Crippen LogP contribution in [-0.4, -0.2) is 25.5 Å². The lowest BCUT2D eigenvalue weighted by atomic mass is 10.1. The van der Waals surface area contributed by atoms with Gasteiger partial charge in [0.25, 0.3) is 5.91 Å². The Morgan fingerprint density at radius 3 is 2.60 bits per heavy atom. The number of amides is 2. The molecule has 0 unspecified atom stereocenters. The highest BCUT2D eigenvalue weighted by Gasteiger charge is 2.25. The number of benzene rings is 3. The van der Waals surface area contributed by atoms with Crippen LogP contribution in [-0.2, 0) is 24.2 Å². The van der Waals surface area contributed by atoms with Gasteiger partial charge in [-0.05, 0) is 53.4 Å². The number of nitrogens with zero attached hydrogens (tertiary/aromatic N) is 1. The summed E-state index contributed by atoms with van der Waals surface area (Å²) in [5, 5.41) is 2.98. The molecule has 1 aliphatic rings. The fourth-order valence-electron chi connectivity index (χ4n) is 3.74. The maximum absolute atomic E-state index is 12.8. The number of anilines is 1. The fourth-order valence-corrected chi connectivity index (χ4v) is 3.74. The molecule has 0 fully saturated rings. The van der Waals surface area contributed by atoms with Gasteiger partial charge in [-0.15, -0.1) is 0 Å². The second kappa shape index (κ2) is 8.82. The summed E-state index contributed by atoms with van der Waals surface area (Å²) in [6.07, 6.45) is 1.13. The van der Waals surface area contributed by atoms with Crippen LogP contribution < -0.4 is 15.0 Å². The third kappa shape index (κ3) is 4.35. The predicted molar refractivity (Wildman–Crippen MR) is 117 cm³/mol. The molecular weight excluding hydrogens is 376 g/mol. The average Bonchev–Trinajstić information content (AvgIpc) is 3.21. The van der Waals surface area contributed by atoms with Crippen LogP contribution in [0.25, 0.3) is 0 Å². The fraction of sp³-hybridized carbons (Fsp3) is 0.200. The minimum Gasteiger partial charge on any atom is -0.497 e. The molecule has 0 bridgehead atoms. The summed E-state index contributed by atoms with van der Waals surface area (Å²) in [6, 6.07) is 22.9. The molecule has 1 aliphatic heterocycles. The Hall–Kier alpha value is -3.60. The zero-order valence-electron chi connectivity index (χ0n) is 16.9. The van der Waals surface area contributed by atoms with E-state index >= 15 is 0 Å². The molecule has 5 heteroatoms. The van der Waals surface area contributed by atoms with Gasteiger partial charge in [0.1, 0.15) is 5.75 Å². The van der Waals surface area contributed by atoms with E-state index in [1.807, 2.05) is 71.6 Å². The highest BCUT2D eigenvalue weighted by atomic mass is 16.5. The van der Waals surface area contributed by atoms with Crippen molar-refractivity contribution in [3.63, 3.8) is 0 Å². The van der Waals surface area contributed by atoms with Crippen LogP contribution in [0.4, 0.5) is 5.69 Å². The molecule has 0 saturated carbocycles. The Kier molecular flexibility index (Phi) is 5.80. The van der Waals surface area contributed by atoms with Crippen LogP contribution in [0, 0.1) is 0 Å². The van der Waals surface area contributed by atoms with E-state index in [1.165, 1.54) is 0 Å². The molecule has 0 spiro atoms. The molecule has 5 nitrogen and oxygen atoms in total. The molecule has 0 aliphatic carbocycles. The maximum Gasteiger partial charge on any atom is 0.258 e. The van der Waals surface area contributed by atoms with Crippen molar-refractivity contribution < 1.29 is 14.3 Å². The average molecular weight is 400 g/mol.